The number of halogens is 1. The third-order valence-electron chi connectivity index (χ3n) is 2.65. The third kappa shape index (κ3) is 5.91. The van der Waals surface area contributed by atoms with Crippen molar-refractivity contribution in [2.24, 2.45) is 0 Å². The summed E-state index contributed by atoms with van der Waals surface area (Å²) in [5.41, 5.74) is 0.257. The molecule has 118 valence electrons. The van der Waals surface area contributed by atoms with E-state index in [0.29, 0.717) is 16.3 Å². The second kappa shape index (κ2) is 6.64. The molecule has 0 saturated heterocycles. The maximum atomic E-state index is 12.2. The minimum Gasteiger partial charge on any atom is -0.387 e. The summed E-state index contributed by atoms with van der Waals surface area (Å²) in [4.78, 5) is 12.2. The Labute approximate surface area is 130 Å². The van der Waals surface area contributed by atoms with Crippen LogP contribution in [0.15, 0.2) is 18.2 Å². The van der Waals surface area contributed by atoms with Crippen molar-refractivity contribution in [1.29, 1.82) is 0 Å². The molecule has 1 rings (SSSR count). The molecule has 0 fully saturated rings. The van der Waals surface area contributed by atoms with E-state index in [9.17, 15) is 13.2 Å². The Kier molecular flexibility index (Phi) is 5.61. The van der Waals surface area contributed by atoms with Crippen LogP contribution >= 0.6 is 11.6 Å². The van der Waals surface area contributed by atoms with E-state index in [1.165, 1.54) is 0 Å². The van der Waals surface area contributed by atoms with Gasteiger partial charge in [0.15, 0.2) is 0 Å². The molecule has 21 heavy (non-hydrogen) atoms. The van der Waals surface area contributed by atoms with Crippen LogP contribution in [0, 0.1) is 0 Å². The van der Waals surface area contributed by atoms with Crippen LogP contribution in [-0.4, -0.2) is 39.7 Å². The van der Waals surface area contributed by atoms with Gasteiger partial charge in [0.25, 0.3) is 5.91 Å². The Hall–Kier alpha value is -1.31. The van der Waals surface area contributed by atoms with E-state index in [2.05, 4.69) is 15.4 Å². The average molecular weight is 334 g/mol. The van der Waals surface area contributed by atoms with E-state index in [0.717, 1.165) is 6.26 Å². The van der Waals surface area contributed by atoms with Crippen LogP contribution < -0.4 is 15.4 Å². The van der Waals surface area contributed by atoms with Gasteiger partial charge in [-0.3, -0.25) is 4.79 Å². The first-order chi connectivity index (χ1) is 9.54. The summed E-state index contributed by atoms with van der Waals surface area (Å²) in [6, 6.07) is 4.94. The molecule has 1 aromatic carbocycles. The van der Waals surface area contributed by atoms with Crippen LogP contribution in [0.2, 0.25) is 5.02 Å². The van der Waals surface area contributed by atoms with Crippen LogP contribution in [0.3, 0.4) is 0 Å². The quantitative estimate of drug-likeness (QED) is 0.735. The molecule has 0 spiro atoms. The summed E-state index contributed by atoms with van der Waals surface area (Å²) in [7, 11) is -1.65. The molecular formula is C13H20ClN3O3S. The second-order valence-corrected chi connectivity index (χ2v) is 7.57. The van der Waals surface area contributed by atoms with E-state index < -0.39 is 15.6 Å². The molecule has 0 aliphatic rings. The summed E-state index contributed by atoms with van der Waals surface area (Å²) in [6.07, 6.45) is 1.08. The predicted octanol–water partition coefficient (Wildman–Crippen LogP) is 1.44. The second-order valence-electron chi connectivity index (χ2n) is 5.38. The highest BCUT2D eigenvalue weighted by atomic mass is 35.5. The number of sulfonamides is 1. The summed E-state index contributed by atoms with van der Waals surface area (Å²) in [5.74, 6) is -0.328. The number of anilines is 1. The first kappa shape index (κ1) is 17.7. The molecule has 0 saturated carbocycles. The molecule has 6 nitrogen and oxygen atoms in total. The smallest absolute Gasteiger partial charge is 0.253 e. The van der Waals surface area contributed by atoms with Gasteiger partial charge in [0.2, 0.25) is 10.0 Å². The maximum Gasteiger partial charge on any atom is 0.253 e. The number of rotatable bonds is 6. The number of benzene rings is 1. The molecule has 0 unspecified atom stereocenters. The first-order valence-electron chi connectivity index (χ1n) is 6.28. The maximum absolute atomic E-state index is 12.2. The van der Waals surface area contributed by atoms with Crippen LogP contribution in [0.4, 0.5) is 5.69 Å². The van der Waals surface area contributed by atoms with Gasteiger partial charge >= 0.3 is 0 Å². The Morgan fingerprint density at radius 3 is 2.48 bits per heavy atom. The van der Waals surface area contributed by atoms with E-state index in [-0.39, 0.29) is 12.5 Å². The SMILES string of the molecule is CNc1ccc(Cl)cc1C(=O)NCC(C)(C)NS(C)(=O)=O. The van der Waals surface area contributed by atoms with Gasteiger partial charge in [0.1, 0.15) is 0 Å². The minimum atomic E-state index is -3.35. The summed E-state index contributed by atoms with van der Waals surface area (Å²) >= 11 is 5.90. The molecule has 0 aliphatic heterocycles. The number of amides is 1. The average Bonchev–Trinajstić information content (AvgIpc) is 2.33. The van der Waals surface area contributed by atoms with Crippen molar-refractivity contribution in [3.63, 3.8) is 0 Å². The molecule has 3 N–H and O–H groups in total. The van der Waals surface area contributed by atoms with Gasteiger partial charge in [-0.05, 0) is 32.0 Å². The van der Waals surface area contributed by atoms with Gasteiger partial charge in [-0.25, -0.2) is 13.1 Å². The molecule has 0 aromatic heterocycles. The van der Waals surface area contributed by atoms with E-state index in [1.807, 2.05) is 0 Å². The zero-order valence-electron chi connectivity index (χ0n) is 12.5. The van der Waals surface area contributed by atoms with Crippen molar-refractivity contribution < 1.29 is 13.2 Å². The van der Waals surface area contributed by atoms with Gasteiger partial charge in [-0.15, -0.1) is 0 Å². The lowest BCUT2D eigenvalue weighted by Crippen LogP contribution is -2.51. The predicted molar refractivity (Wildman–Crippen MR) is 85.4 cm³/mol. The molecular weight excluding hydrogens is 314 g/mol. The van der Waals surface area contributed by atoms with Gasteiger partial charge in [0, 0.05) is 29.8 Å². The van der Waals surface area contributed by atoms with Gasteiger partial charge in [0.05, 0.1) is 11.8 Å². The fraction of sp³-hybridized carbons (Fsp3) is 0.462. The number of hydrogen-bond acceptors (Lipinski definition) is 4. The zero-order chi connectivity index (χ0) is 16.3. The lowest BCUT2D eigenvalue weighted by Gasteiger charge is -2.25. The Bertz CT molecular complexity index is 630. The van der Waals surface area contributed by atoms with Crippen molar-refractivity contribution in [3.05, 3.63) is 28.8 Å². The summed E-state index contributed by atoms with van der Waals surface area (Å²) < 4.78 is 25.0. The first-order valence-corrected chi connectivity index (χ1v) is 8.55. The molecule has 1 aromatic rings. The molecule has 0 atom stereocenters. The van der Waals surface area contributed by atoms with Crippen molar-refractivity contribution in [2.75, 3.05) is 25.2 Å². The summed E-state index contributed by atoms with van der Waals surface area (Å²) in [6.45, 7) is 3.52. The normalized spacial score (nSPS) is 12.0. The Morgan fingerprint density at radius 1 is 1.33 bits per heavy atom. The van der Waals surface area contributed by atoms with Crippen LogP contribution in [-0.2, 0) is 10.0 Å². The van der Waals surface area contributed by atoms with Crippen LogP contribution in [0.25, 0.3) is 0 Å². The lowest BCUT2D eigenvalue weighted by molar-refractivity contribution is 0.0945. The van der Waals surface area contributed by atoms with Crippen molar-refractivity contribution in [1.82, 2.24) is 10.0 Å². The minimum absolute atomic E-state index is 0.147. The number of hydrogen-bond donors (Lipinski definition) is 3. The van der Waals surface area contributed by atoms with Crippen LogP contribution in [0.1, 0.15) is 24.2 Å². The number of carbonyl (C=O) groups is 1. The fourth-order valence-electron chi connectivity index (χ4n) is 1.86. The van der Waals surface area contributed by atoms with Gasteiger partial charge < -0.3 is 10.6 Å². The van der Waals surface area contributed by atoms with E-state index >= 15 is 0 Å². The van der Waals surface area contributed by atoms with E-state index in [4.69, 9.17) is 11.6 Å². The molecule has 0 radical (unpaired) electrons. The highest BCUT2D eigenvalue weighted by molar-refractivity contribution is 7.88. The van der Waals surface area contributed by atoms with Crippen LogP contribution in [0.5, 0.6) is 0 Å². The fourth-order valence-corrected chi connectivity index (χ4v) is 3.10. The topological polar surface area (TPSA) is 87.3 Å². The van der Waals surface area contributed by atoms with Crippen molar-refractivity contribution in [3.8, 4) is 0 Å². The van der Waals surface area contributed by atoms with Gasteiger partial charge in [-0.1, -0.05) is 11.6 Å². The standard InChI is InChI=1S/C13H20ClN3O3S/c1-13(2,17-21(4,19)20)8-16-12(18)10-7-9(14)5-6-11(10)15-3/h5-7,15,17H,8H2,1-4H3,(H,16,18). The highest BCUT2D eigenvalue weighted by Gasteiger charge is 2.23. The largest absolute Gasteiger partial charge is 0.387 e. The Morgan fingerprint density at radius 2 is 1.95 bits per heavy atom. The third-order valence-corrected chi connectivity index (χ3v) is 3.81. The monoisotopic (exact) mass is 333 g/mol. The van der Waals surface area contributed by atoms with E-state index in [1.54, 1.807) is 39.1 Å². The zero-order valence-corrected chi connectivity index (χ0v) is 14.0. The number of nitrogens with one attached hydrogen (secondary N) is 3. The molecule has 0 heterocycles. The molecule has 8 heteroatoms. The summed E-state index contributed by atoms with van der Waals surface area (Å²) in [5, 5.41) is 6.06. The molecule has 0 bridgehead atoms. The highest BCUT2D eigenvalue weighted by Crippen LogP contribution is 2.20. The van der Waals surface area contributed by atoms with Gasteiger partial charge in [-0.2, -0.15) is 0 Å². The Balaban J connectivity index is 2.81. The molecule has 0 aliphatic carbocycles. The van der Waals surface area contributed by atoms with Crippen molar-refractivity contribution >= 4 is 33.2 Å². The lowest BCUT2D eigenvalue weighted by atomic mass is 10.1. The number of carbonyl (C=O) groups excluding carboxylic acids is 1. The van der Waals surface area contributed by atoms with Crippen molar-refractivity contribution in [2.45, 2.75) is 19.4 Å². The molecule has 1 amide bonds.